The quantitative estimate of drug-likeness (QED) is 0.610. The Kier molecular flexibility index (Phi) is 4.38. The van der Waals surface area contributed by atoms with Gasteiger partial charge in [-0.3, -0.25) is 0 Å². The van der Waals surface area contributed by atoms with Gasteiger partial charge in [-0.1, -0.05) is 25.6 Å². The molecule has 0 heterocycles. The van der Waals surface area contributed by atoms with Crippen LogP contribution < -0.4 is 4.74 Å². The van der Waals surface area contributed by atoms with E-state index in [2.05, 4.69) is 0 Å². The highest BCUT2D eigenvalue weighted by atomic mass is 16.5. The number of rotatable bonds is 2. The number of benzene rings is 1. The van der Waals surface area contributed by atoms with Crippen molar-refractivity contribution in [2.75, 3.05) is 6.61 Å². The molecule has 0 aliphatic heterocycles. The molecule has 10 heavy (non-hydrogen) atoms. The molecule has 0 aliphatic carbocycles. The van der Waals surface area contributed by atoms with Crippen molar-refractivity contribution in [1.29, 1.82) is 0 Å². The first-order chi connectivity index (χ1) is 4.43. The van der Waals surface area contributed by atoms with E-state index in [-0.39, 0.29) is 7.43 Å². The Morgan fingerprint density at radius 1 is 1.20 bits per heavy atom. The van der Waals surface area contributed by atoms with E-state index < -0.39 is 0 Å². The van der Waals surface area contributed by atoms with Crippen LogP contribution in [0.1, 0.15) is 14.4 Å². The van der Waals surface area contributed by atoms with Crippen molar-refractivity contribution in [2.45, 2.75) is 14.4 Å². The third-order valence-electron chi connectivity index (χ3n) is 1.05. The molecule has 1 rings (SSSR count). The molecule has 0 atom stereocenters. The topological polar surface area (TPSA) is 9.23 Å². The summed E-state index contributed by atoms with van der Waals surface area (Å²) >= 11 is 0. The minimum absolute atomic E-state index is 0. The summed E-state index contributed by atoms with van der Waals surface area (Å²) in [6.07, 6.45) is 0. The fourth-order valence-corrected chi connectivity index (χ4v) is 0.683. The largest absolute Gasteiger partial charge is 0.494 e. The van der Waals surface area contributed by atoms with Gasteiger partial charge in [0.2, 0.25) is 0 Å². The molecule has 56 valence electrons. The normalized spacial score (nSPS) is 8.10. The van der Waals surface area contributed by atoms with E-state index in [4.69, 9.17) is 4.74 Å². The van der Waals surface area contributed by atoms with Gasteiger partial charge in [-0.15, -0.1) is 0 Å². The smallest absolute Gasteiger partial charge is 0.119 e. The summed E-state index contributed by atoms with van der Waals surface area (Å²) in [6.45, 7) is 2.72. The number of hydrogen-bond acceptors (Lipinski definition) is 1. The van der Waals surface area contributed by atoms with Crippen molar-refractivity contribution in [2.24, 2.45) is 0 Å². The van der Waals surface area contributed by atoms with Crippen LogP contribution in [-0.4, -0.2) is 6.61 Å². The molecule has 0 aliphatic rings. The summed E-state index contributed by atoms with van der Waals surface area (Å²) < 4.78 is 5.21. The molecule has 0 saturated carbocycles. The van der Waals surface area contributed by atoms with Crippen LogP contribution >= 0.6 is 0 Å². The summed E-state index contributed by atoms with van der Waals surface area (Å²) in [5, 5.41) is 0. The molecule has 0 saturated heterocycles. The number of ether oxygens (including phenoxy) is 1. The molecule has 0 fully saturated rings. The van der Waals surface area contributed by atoms with Crippen molar-refractivity contribution in [3.05, 3.63) is 30.3 Å². The summed E-state index contributed by atoms with van der Waals surface area (Å²) in [4.78, 5) is 0. The van der Waals surface area contributed by atoms with Gasteiger partial charge < -0.3 is 4.74 Å². The summed E-state index contributed by atoms with van der Waals surface area (Å²) in [6, 6.07) is 9.80. The fraction of sp³-hybridized carbons (Fsp3) is 0.333. The number of para-hydroxylation sites is 1. The molecule has 1 aromatic rings. The first-order valence-electron chi connectivity index (χ1n) is 3.11. The summed E-state index contributed by atoms with van der Waals surface area (Å²) in [7, 11) is 0. The lowest BCUT2D eigenvalue weighted by Crippen LogP contribution is -1.89. The zero-order chi connectivity index (χ0) is 6.53. The van der Waals surface area contributed by atoms with Crippen LogP contribution in [0.15, 0.2) is 30.3 Å². The van der Waals surface area contributed by atoms with Crippen LogP contribution in [0, 0.1) is 0 Å². The van der Waals surface area contributed by atoms with Crippen molar-refractivity contribution in [1.82, 2.24) is 0 Å². The van der Waals surface area contributed by atoms with Crippen LogP contribution in [0.4, 0.5) is 0 Å². The van der Waals surface area contributed by atoms with Gasteiger partial charge >= 0.3 is 0 Å². The fourth-order valence-electron chi connectivity index (χ4n) is 0.683. The maximum atomic E-state index is 5.21. The van der Waals surface area contributed by atoms with Crippen LogP contribution in [0.5, 0.6) is 5.75 Å². The molecule has 1 aromatic carbocycles. The van der Waals surface area contributed by atoms with Crippen LogP contribution in [-0.2, 0) is 0 Å². The first kappa shape index (κ1) is 9.02. The molecular formula is C9H14O. The Morgan fingerprint density at radius 2 is 1.80 bits per heavy atom. The molecule has 1 nitrogen and oxygen atoms in total. The third-order valence-corrected chi connectivity index (χ3v) is 1.05. The zero-order valence-electron chi connectivity index (χ0n) is 5.50. The SMILES string of the molecule is C.CCOc1ccccc1. The van der Waals surface area contributed by atoms with Crippen molar-refractivity contribution < 1.29 is 4.74 Å². The highest BCUT2D eigenvalue weighted by molar-refractivity contribution is 5.20. The van der Waals surface area contributed by atoms with Crippen molar-refractivity contribution in [3.63, 3.8) is 0 Å². The van der Waals surface area contributed by atoms with E-state index in [1.54, 1.807) is 0 Å². The third kappa shape index (κ3) is 2.53. The second-order valence-corrected chi connectivity index (χ2v) is 1.75. The van der Waals surface area contributed by atoms with Gasteiger partial charge in [0.15, 0.2) is 0 Å². The molecule has 0 spiro atoms. The van der Waals surface area contributed by atoms with Crippen LogP contribution in [0.2, 0.25) is 0 Å². The Labute approximate surface area is 62.6 Å². The Morgan fingerprint density at radius 3 is 2.30 bits per heavy atom. The van der Waals surface area contributed by atoms with Crippen molar-refractivity contribution in [3.8, 4) is 5.75 Å². The molecular weight excluding hydrogens is 124 g/mol. The lowest BCUT2D eigenvalue weighted by molar-refractivity contribution is 0.340. The second kappa shape index (κ2) is 4.86. The lowest BCUT2D eigenvalue weighted by atomic mass is 10.3. The maximum Gasteiger partial charge on any atom is 0.119 e. The lowest BCUT2D eigenvalue weighted by Gasteiger charge is -1.99. The van der Waals surface area contributed by atoms with E-state index in [0.29, 0.717) is 0 Å². The van der Waals surface area contributed by atoms with Crippen LogP contribution in [0.25, 0.3) is 0 Å². The van der Waals surface area contributed by atoms with E-state index in [0.717, 1.165) is 12.4 Å². The maximum absolute atomic E-state index is 5.21. The zero-order valence-corrected chi connectivity index (χ0v) is 5.50. The second-order valence-electron chi connectivity index (χ2n) is 1.75. The molecule has 0 radical (unpaired) electrons. The van der Waals surface area contributed by atoms with Gasteiger partial charge in [-0.05, 0) is 19.1 Å². The highest BCUT2D eigenvalue weighted by Crippen LogP contribution is 2.06. The van der Waals surface area contributed by atoms with Crippen molar-refractivity contribution >= 4 is 0 Å². The van der Waals surface area contributed by atoms with E-state index in [1.165, 1.54) is 0 Å². The molecule has 0 bridgehead atoms. The molecule has 0 N–H and O–H groups in total. The van der Waals surface area contributed by atoms with E-state index in [9.17, 15) is 0 Å². The van der Waals surface area contributed by atoms with Gasteiger partial charge in [-0.25, -0.2) is 0 Å². The number of hydrogen-bond donors (Lipinski definition) is 0. The summed E-state index contributed by atoms with van der Waals surface area (Å²) in [5.74, 6) is 0.944. The monoisotopic (exact) mass is 138 g/mol. The standard InChI is InChI=1S/C8H10O.CH4/c1-2-9-8-6-4-3-5-7-8;/h3-7H,2H2,1H3;1H4. The molecule has 0 unspecified atom stereocenters. The van der Waals surface area contributed by atoms with Gasteiger partial charge in [0.05, 0.1) is 6.61 Å². The molecule has 1 heteroatoms. The Balaban J connectivity index is 0.000000810. The van der Waals surface area contributed by atoms with Gasteiger partial charge in [0, 0.05) is 0 Å². The van der Waals surface area contributed by atoms with Gasteiger partial charge in [0.1, 0.15) is 5.75 Å². The van der Waals surface area contributed by atoms with E-state index in [1.807, 2.05) is 37.3 Å². The predicted molar refractivity (Wildman–Crippen MR) is 44.3 cm³/mol. The average molecular weight is 138 g/mol. The Hall–Kier alpha value is -0.980. The van der Waals surface area contributed by atoms with Gasteiger partial charge in [-0.2, -0.15) is 0 Å². The van der Waals surface area contributed by atoms with Crippen LogP contribution in [0.3, 0.4) is 0 Å². The average Bonchev–Trinajstić information content (AvgIpc) is 1.91. The minimum atomic E-state index is 0. The first-order valence-corrected chi connectivity index (χ1v) is 3.11. The Bertz CT molecular complexity index is 158. The molecule has 0 amide bonds. The highest BCUT2D eigenvalue weighted by Gasteiger charge is 1.83. The minimum Gasteiger partial charge on any atom is -0.494 e. The van der Waals surface area contributed by atoms with E-state index >= 15 is 0 Å². The molecule has 0 aromatic heterocycles. The predicted octanol–water partition coefficient (Wildman–Crippen LogP) is 2.72. The van der Waals surface area contributed by atoms with Gasteiger partial charge in [0.25, 0.3) is 0 Å². The summed E-state index contributed by atoms with van der Waals surface area (Å²) in [5.41, 5.74) is 0.